The molecule has 4 aromatic rings. The average Bonchev–Trinajstić information content (AvgIpc) is 2.87. The van der Waals surface area contributed by atoms with Gasteiger partial charge in [-0.1, -0.05) is 44.2 Å². The average molecular weight is 521 g/mol. The van der Waals surface area contributed by atoms with Gasteiger partial charge in [-0.25, -0.2) is 18.7 Å². The summed E-state index contributed by atoms with van der Waals surface area (Å²) < 4.78 is 16.1. The molecule has 0 saturated carbocycles. The SMILES string of the molecule is C=CC(=O)NCCNc1nc(=O)n(-c2c(C)ccnc2C(C)C)c2nc(-c3ccccc3F)c(Cl)cc12. The molecule has 0 atom stereocenters. The highest BCUT2D eigenvalue weighted by molar-refractivity contribution is 6.33. The fourth-order valence-electron chi connectivity index (χ4n) is 4.02. The van der Waals surface area contributed by atoms with Crippen LogP contribution in [0.25, 0.3) is 28.0 Å². The summed E-state index contributed by atoms with van der Waals surface area (Å²) in [6, 6.07) is 9.59. The molecule has 0 aliphatic rings. The number of hydrogen-bond acceptors (Lipinski definition) is 6. The molecule has 0 radical (unpaired) electrons. The van der Waals surface area contributed by atoms with Gasteiger partial charge in [0.15, 0.2) is 5.65 Å². The summed E-state index contributed by atoms with van der Waals surface area (Å²) in [5, 5.41) is 6.38. The van der Waals surface area contributed by atoms with Crippen molar-refractivity contribution >= 4 is 34.4 Å². The Labute approximate surface area is 218 Å². The lowest BCUT2D eigenvalue weighted by molar-refractivity contribution is -0.116. The molecule has 3 heterocycles. The Hall–Kier alpha value is -4.11. The normalized spacial score (nSPS) is 11.1. The number of nitrogens with one attached hydrogen (secondary N) is 2. The molecule has 4 rings (SSSR count). The van der Waals surface area contributed by atoms with Crippen LogP contribution in [0.5, 0.6) is 0 Å². The molecule has 0 aliphatic carbocycles. The van der Waals surface area contributed by atoms with Gasteiger partial charge in [0, 0.05) is 24.8 Å². The van der Waals surface area contributed by atoms with Crippen molar-refractivity contribution in [3.8, 4) is 16.9 Å². The second-order valence-corrected chi connectivity index (χ2v) is 9.09. The van der Waals surface area contributed by atoms with Crippen LogP contribution in [0.2, 0.25) is 5.02 Å². The Bertz CT molecular complexity index is 1570. The molecule has 1 amide bonds. The maximum Gasteiger partial charge on any atom is 0.355 e. The molecule has 1 aromatic carbocycles. The molecule has 0 bridgehead atoms. The molecule has 10 heteroatoms. The van der Waals surface area contributed by atoms with Crippen molar-refractivity contribution in [3.05, 3.63) is 87.8 Å². The Morgan fingerprint density at radius 1 is 1.22 bits per heavy atom. The van der Waals surface area contributed by atoms with E-state index in [1.54, 1.807) is 30.5 Å². The molecule has 8 nitrogen and oxygen atoms in total. The number of nitrogens with zero attached hydrogens (tertiary/aromatic N) is 4. The number of amides is 1. The van der Waals surface area contributed by atoms with Crippen molar-refractivity contribution in [1.82, 2.24) is 24.8 Å². The Morgan fingerprint density at radius 2 is 1.97 bits per heavy atom. The third-order valence-electron chi connectivity index (χ3n) is 5.78. The standard InChI is InChI=1S/C27H26ClFN6O2/c1-5-21(36)30-12-13-32-25-18-14-19(28)23(17-8-6-7-9-20(17)29)33-26(18)35(27(37)34-25)24-16(4)10-11-31-22(24)15(2)3/h5-11,14-15H,1,12-13H2,2-4H3,(H,30,36)(H,32,34,37). The van der Waals surface area contributed by atoms with E-state index in [1.165, 1.54) is 16.7 Å². The van der Waals surface area contributed by atoms with Crippen LogP contribution in [-0.2, 0) is 4.79 Å². The zero-order valence-corrected chi connectivity index (χ0v) is 21.4. The zero-order valence-electron chi connectivity index (χ0n) is 20.7. The van der Waals surface area contributed by atoms with Gasteiger partial charge in [-0.05, 0) is 48.7 Å². The Balaban J connectivity index is 1.99. The third-order valence-corrected chi connectivity index (χ3v) is 6.07. The van der Waals surface area contributed by atoms with Gasteiger partial charge in [-0.15, -0.1) is 0 Å². The van der Waals surface area contributed by atoms with E-state index >= 15 is 0 Å². The van der Waals surface area contributed by atoms with Crippen LogP contribution in [-0.4, -0.2) is 38.5 Å². The van der Waals surface area contributed by atoms with Crippen molar-refractivity contribution in [2.24, 2.45) is 0 Å². The second-order valence-electron chi connectivity index (χ2n) is 8.69. The topological polar surface area (TPSA) is 102 Å². The van der Waals surface area contributed by atoms with Gasteiger partial charge < -0.3 is 10.6 Å². The van der Waals surface area contributed by atoms with Gasteiger partial charge in [0.05, 0.1) is 27.5 Å². The summed E-state index contributed by atoms with van der Waals surface area (Å²) >= 11 is 6.60. The van der Waals surface area contributed by atoms with Crippen LogP contribution in [0.15, 0.2) is 60.0 Å². The number of aromatic nitrogens is 4. The molecular formula is C27H26ClFN6O2. The highest BCUT2D eigenvalue weighted by atomic mass is 35.5. The van der Waals surface area contributed by atoms with E-state index in [-0.39, 0.29) is 52.7 Å². The van der Waals surface area contributed by atoms with E-state index in [9.17, 15) is 14.0 Å². The minimum absolute atomic E-state index is 0.00135. The van der Waals surface area contributed by atoms with Gasteiger partial charge in [-0.3, -0.25) is 9.78 Å². The van der Waals surface area contributed by atoms with Crippen LogP contribution < -0.4 is 16.3 Å². The number of aryl methyl sites for hydroxylation is 1. The largest absolute Gasteiger partial charge is 0.368 e. The van der Waals surface area contributed by atoms with E-state index in [0.29, 0.717) is 16.8 Å². The quantitative estimate of drug-likeness (QED) is 0.256. The molecular weight excluding hydrogens is 495 g/mol. The maximum absolute atomic E-state index is 14.7. The predicted octanol–water partition coefficient (Wildman–Crippen LogP) is 4.78. The van der Waals surface area contributed by atoms with Gasteiger partial charge in [0.2, 0.25) is 5.91 Å². The van der Waals surface area contributed by atoms with Crippen molar-refractivity contribution < 1.29 is 9.18 Å². The third kappa shape index (κ3) is 5.22. The fraction of sp³-hybridized carbons (Fsp3) is 0.222. The molecule has 3 aromatic heterocycles. The Kier molecular flexibility index (Phi) is 7.63. The number of benzene rings is 1. The smallest absolute Gasteiger partial charge is 0.355 e. The number of anilines is 1. The molecule has 0 aliphatic heterocycles. The van der Waals surface area contributed by atoms with Crippen LogP contribution in [0, 0.1) is 12.7 Å². The zero-order chi connectivity index (χ0) is 26.7. The molecule has 190 valence electrons. The van der Waals surface area contributed by atoms with Gasteiger partial charge >= 0.3 is 5.69 Å². The van der Waals surface area contributed by atoms with Gasteiger partial charge in [-0.2, -0.15) is 4.98 Å². The molecule has 0 unspecified atom stereocenters. The van der Waals surface area contributed by atoms with Crippen molar-refractivity contribution in [2.45, 2.75) is 26.7 Å². The van der Waals surface area contributed by atoms with E-state index in [1.807, 2.05) is 26.8 Å². The predicted molar refractivity (Wildman–Crippen MR) is 144 cm³/mol. The number of rotatable bonds is 8. The highest BCUT2D eigenvalue weighted by Gasteiger charge is 2.22. The first-order valence-electron chi connectivity index (χ1n) is 11.7. The van der Waals surface area contributed by atoms with E-state index in [4.69, 9.17) is 16.6 Å². The lowest BCUT2D eigenvalue weighted by atomic mass is 10.0. The number of carbonyl (C=O) groups is 1. The van der Waals surface area contributed by atoms with Crippen molar-refractivity contribution in [2.75, 3.05) is 18.4 Å². The van der Waals surface area contributed by atoms with Crippen LogP contribution in [0.4, 0.5) is 10.2 Å². The number of pyridine rings is 2. The monoisotopic (exact) mass is 520 g/mol. The summed E-state index contributed by atoms with van der Waals surface area (Å²) in [4.78, 5) is 38.5. The molecule has 37 heavy (non-hydrogen) atoms. The minimum atomic E-state index is -0.586. The highest BCUT2D eigenvalue weighted by Crippen LogP contribution is 2.34. The van der Waals surface area contributed by atoms with Gasteiger partial charge in [0.1, 0.15) is 11.6 Å². The van der Waals surface area contributed by atoms with Crippen molar-refractivity contribution in [3.63, 3.8) is 0 Å². The fourth-order valence-corrected chi connectivity index (χ4v) is 4.28. The first-order valence-corrected chi connectivity index (χ1v) is 12.1. The molecule has 0 saturated heterocycles. The summed E-state index contributed by atoms with van der Waals surface area (Å²) in [5.74, 6) is -0.564. The Morgan fingerprint density at radius 3 is 2.68 bits per heavy atom. The molecule has 0 spiro atoms. The second kappa shape index (κ2) is 10.9. The maximum atomic E-state index is 14.7. The number of halogens is 2. The number of hydrogen-bond donors (Lipinski definition) is 2. The summed E-state index contributed by atoms with van der Waals surface area (Å²) in [5.41, 5.74) is 2.14. The minimum Gasteiger partial charge on any atom is -0.368 e. The van der Waals surface area contributed by atoms with Crippen LogP contribution in [0.3, 0.4) is 0 Å². The van der Waals surface area contributed by atoms with Crippen LogP contribution in [0.1, 0.15) is 31.0 Å². The van der Waals surface area contributed by atoms with E-state index in [0.717, 1.165) is 5.56 Å². The van der Waals surface area contributed by atoms with Crippen LogP contribution >= 0.6 is 11.6 Å². The first-order chi connectivity index (χ1) is 17.7. The number of fused-ring (bicyclic) bond motifs is 1. The summed E-state index contributed by atoms with van der Waals surface area (Å²) in [7, 11) is 0. The van der Waals surface area contributed by atoms with Gasteiger partial charge in [0.25, 0.3) is 0 Å². The summed E-state index contributed by atoms with van der Waals surface area (Å²) in [6.45, 7) is 9.81. The number of carbonyl (C=O) groups excluding carboxylic acids is 1. The van der Waals surface area contributed by atoms with E-state index in [2.05, 4.69) is 27.2 Å². The lowest BCUT2D eigenvalue weighted by Gasteiger charge is -2.19. The molecule has 2 N–H and O–H groups in total. The van der Waals surface area contributed by atoms with Crippen molar-refractivity contribution in [1.29, 1.82) is 0 Å². The molecule has 0 fully saturated rings. The lowest BCUT2D eigenvalue weighted by Crippen LogP contribution is -2.29. The van der Waals surface area contributed by atoms with E-state index < -0.39 is 11.5 Å². The first kappa shape index (κ1) is 26.0. The summed E-state index contributed by atoms with van der Waals surface area (Å²) in [6.07, 6.45) is 2.86.